The molecule has 2 aromatic rings. The number of hydrogen-bond donors (Lipinski definition) is 1. The quantitative estimate of drug-likeness (QED) is 0.940. The van der Waals surface area contributed by atoms with Crippen LogP contribution in [-0.2, 0) is 0 Å². The van der Waals surface area contributed by atoms with Gasteiger partial charge in [0.05, 0.1) is 5.69 Å². The van der Waals surface area contributed by atoms with Crippen LogP contribution in [0.5, 0.6) is 6.01 Å². The third kappa shape index (κ3) is 5.59. The molecule has 0 bridgehead atoms. The molecule has 2 heterocycles. The molecule has 0 saturated carbocycles. The molecule has 0 fully saturated rings. The molecule has 0 aliphatic carbocycles. The molecule has 0 aliphatic heterocycles. The molecule has 21 heavy (non-hydrogen) atoms. The van der Waals surface area contributed by atoms with E-state index in [4.69, 9.17) is 0 Å². The average Bonchev–Trinajstić information content (AvgIpc) is 2.48. The Morgan fingerprint density at radius 1 is 1.19 bits per heavy atom. The van der Waals surface area contributed by atoms with E-state index in [1.165, 1.54) is 24.5 Å². The number of hydrogen-bond acceptors (Lipinski definition) is 5. The van der Waals surface area contributed by atoms with Gasteiger partial charge in [-0.1, -0.05) is 13.8 Å². The van der Waals surface area contributed by atoms with Crippen LogP contribution in [0.1, 0.15) is 13.8 Å². The minimum atomic E-state index is -4.44. The number of halogens is 3. The minimum Gasteiger partial charge on any atom is -0.454 e. The highest BCUT2D eigenvalue weighted by molar-refractivity contribution is 5.55. The lowest BCUT2D eigenvalue weighted by Gasteiger charge is -2.07. The van der Waals surface area contributed by atoms with E-state index in [1.54, 1.807) is 0 Å². The van der Waals surface area contributed by atoms with Crippen LogP contribution in [0.3, 0.4) is 0 Å². The van der Waals surface area contributed by atoms with Crippen molar-refractivity contribution in [2.75, 3.05) is 6.61 Å². The molecule has 0 aromatic carbocycles. The lowest BCUT2D eigenvalue weighted by atomic mass is 10.2. The van der Waals surface area contributed by atoms with Gasteiger partial charge in [0, 0.05) is 24.0 Å². The number of rotatable bonds is 3. The summed E-state index contributed by atoms with van der Waals surface area (Å²) in [6.07, 6.45) is -1.94. The molecule has 0 aliphatic rings. The predicted octanol–water partition coefficient (Wildman–Crippen LogP) is 2.19. The lowest BCUT2D eigenvalue weighted by Crippen LogP contribution is -2.20. The van der Waals surface area contributed by atoms with Gasteiger partial charge >= 0.3 is 12.2 Å². The number of alkyl halides is 3. The van der Waals surface area contributed by atoms with Crippen molar-refractivity contribution >= 4 is 0 Å². The minimum absolute atomic E-state index is 0.366. The van der Waals surface area contributed by atoms with Crippen molar-refractivity contribution in [3.05, 3.63) is 34.9 Å². The van der Waals surface area contributed by atoms with Gasteiger partial charge in [0.1, 0.15) is 0 Å². The first-order valence-corrected chi connectivity index (χ1v) is 6.02. The number of nitrogens with zero attached hydrogens (tertiary/aromatic N) is 3. The van der Waals surface area contributed by atoms with Crippen molar-refractivity contribution in [3.8, 4) is 17.3 Å². The number of ether oxygens (including phenoxy) is 1. The maximum absolute atomic E-state index is 11.9. The monoisotopic (exact) mass is 302 g/mol. The van der Waals surface area contributed by atoms with E-state index in [0.717, 1.165) is 0 Å². The second kappa shape index (κ2) is 7.36. The Morgan fingerprint density at radius 3 is 2.29 bits per heavy atom. The van der Waals surface area contributed by atoms with E-state index >= 15 is 0 Å². The Labute approximate surface area is 118 Å². The predicted molar refractivity (Wildman–Crippen MR) is 68.8 cm³/mol. The Kier molecular flexibility index (Phi) is 5.82. The van der Waals surface area contributed by atoms with E-state index in [1.807, 2.05) is 13.8 Å². The van der Waals surface area contributed by atoms with Gasteiger partial charge in [-0.15, -0.1) is 0 Å². The third-order valence-corrected chi connectivity index (χ3v) is 1.97. The Bertz CT molecular complexity index is 591. The Balaban J connectivity index is 0.00000106. The van der Waals surface area contributed by atoms with Crippen molar-refractivity contribution in [1.82, 2.24) is 20.2 Å². The van der Waals surface area contributed by atoms with Crippen LogP contribution >= 0.6 is 0 Å². The van der Waals surface area contributed by atoms with Crippen LogP contribution in [0.2, 0.25) is 0 Å². The first-order chi connectivity index (χ1) is 9.94. The summed E-state index contributed by atoms with van der Waals surface area (Å²) in [7, 11) is 0. The molecule has 2 aromatic heterocycles. The molecule has 9 heteroatoms. The van der Waals surface area contributed by atoms with Gasteiger partial charge in [-0.2, -0.15) is 18.3 Å². The van der Waals surface area contributed by atoms with Gasteiger partial charge < -0.3 is 4.74 Å². The lowest BCUT2D eigenvalue weighted by molar-refractivity contribution is -0.154. The summed E-state index contributed by atoms with van der Waals surface area (Å²) in [5.74, 6) is 0. The van der Waals surface area contributed by atoms with Crippen molar-refractivity contribution in [2.45, 2.75) is 20.0 Å². The van der Waals surface area contributed by atoms with Gasteiger partial charge in [0.2, 0.25) is 0 Å². The number of aromatic nitrogens is 4. The van der Waals surface area contributed by atoms with Gasteiger partial charge in [-0.05, 0) is 6.07 Å². The fourth-order valence-corrected chi connectivity index (χ4v) is 1.17. The van der Waals surface area contributed by atoms with Gasteiger partial charge in [0.25, 0.3) is 5.56 Å². The summed E-state index contributed by atoms with van der Waals surface area (Å²) in [6, 6.07) is 2.31. The van der Waals surface area contributed by atoms with Crippen LogP contribution in [0.25, 0.3) is 11.3 Å². The zero-order chi connectivity index (χ0) is 15.9. The smallest absolute Gasteiger partial charge is 0.422 e. The van der Waals surface area contributed by atoms with Crippen molar-refractivity contribution in [2.24, 2.45) is 0 Å². The van der Waals surface area contributed by atoms with Crippen molar-refractivity contribution in [3.63, 3.8) is 0 Å². The molecule has 0 amide bonds. The van der Waals surface area contributed by atoms with Crippen LogP contribution < -0.4 is 10.3 Å². The highest BCUT2D eigenvalue weighted by Gasteiger charge is 2.28. The second-order valence-corrected chi connectivity index (χ2v) is 3.46. The molecule has 6 nitrogen and oxygen atoms in total. The van der Waals surface area contributed by atoms with Gasteiger partial charge in [-0.25, -0.2) is 15.1 Å². The zero-order valence-electron chi connectivity index (χ0n) is 11.3. The Hall–Kier alpha value is -2.45. The van der Waals surface area contributed by atoms with Gasteiger partial charge in [0.15, 0.2) is 6.61 Å². The van der Waals surface area contributed by atoms with Crippen LogP contribution in [-0.4, -0.2) is 32.9 Å². The molecule has 0 atom stereocenters. The number of H-pyrrole nitrogens is 1. The molecule has 1 N–H and O–H groups in total. The summed E-state index contributed by atoms with van der Waals surface area (Å²) in [5.41, 5.74) is 0.465. The average molecular weight is 302 g/mol. The molecular weight excluding hydrogens is 289 g/mol. The summed E-state index contributed by atoms with van der Waals surface area (Å²) < 4.78 is 40.1. The van der Waals surface area contributed by atoms with Crippen molar-refractivity contribution in [1.29, 1.82) is 0 Å². The van der Waals surface area contributed by atoms with Crippen molar-refractivity contribution < 1.29 is 17.9 Å². The maximum atomic E-state index is 11.9. The van der Waals surface area contributed by atoms with Crippen LogP contribution in [0.4, 0.5) is 13.2 Å². The first kappa shape index (κ1) is 16.6. The van der Waals surface area contributed by atoms with E-state index in [2.05, 4.69) is 24.9 Å². The second-order valence-electron chi connectivity index (χ2n) is 3.46. The van der Waals surface area contributed by atoms with Crippen LogP contribution in [0.15, 0.2) is 29.3 Å². The fourth-order valence-electron chi connectivity index (χ4n) is 1.17. The SMILES string of the molecule is CC.O=c1ccc(-c2cnc(OCC(F)(F)F)nc2)n[nH]1. The molecule has 0 unspecified atom stereocenters. The molecule has 2 rings (SSSR count). The van der Waals surface area contributed by atoms with E-state index in [-0.39, 0.29) is 11.6 Å². The Morgan fingerprint density at radius 2 is 1.81 bits per heavy atom. The summed E-state index contributed by atoms with van der Waals surface area (Å²) >= 11 is 0. The highest BCUT2D eigenvalue weighted by Crippen LogP contribution is 2.17. The summed E-state index contributed by atoms with van der Waals surface area (Å²) in [5, 5.41) is 5.94. The summed E-state index contributed by atoms with van der Waals surface area (Å²) in [4.78, 5) is 18.0. The largest absolute Gasteiger partial charge is 0.454 e. The van der Waals surface area contributed by atoms with E-state index < -0.39 is 12.8 Å². The normalized spacial score (nSPS) is 10.5. The molecular formula is C12H13F3N4O2. The summed E-state index contributed by atoms with van der Waals surface area (Å²) in [6.45, 7) is 2.54. The van der Waals surface area contributed by atoms with E-state index in [0.29, 0.717) is 11.3 Å². The van der Waals surface area contributed by atoms with Crippen LogP contribution in [0, 0.1) is 0 Å². The molecule has 0 radical (unpaired) electrons. The number of aromatic amines is 1. The molecule has 114 valence electrons. The van der Waals surface area contributed by atoms with E-state index in [9.17, 15) is 18.0 Å². The van der Waals surface area contributed by atoms with Gasteiger partial charge in [-0.3, -0.25) is 4.79 Å². The topological polar surface area (TPSA) is 80.8 Å². The zero-order valence-corrected chi connectivity index (χ0v) is 11.3. The number of nitrogens with one attached hydrogen (secondary N) is 1. The third-order valence-electron chi connectivity index (χ3n) is 1.97. The fraction of sp³-hybridized carbons (Fsp3) is 0.333. The molecule has 0 saturated heterocycles. The standard InChI is InChI=1S/C10H7F3N4O2.C2H6/c11-10(12,13)5-19-9-14-3-6(4-15-9)7-1-2-8(18)17-16-7;1-2/h1-4H,5H2,(H,17,18);1-2H3. The first-order valence-electron chi connectivity index (χ1n) is 6.02. The highest BCUT2D eigenvalue weighted by atomic mass is 19.4. The maximum Gasteiger partial charge on any atom is 0.422 e. The molecule has 0 spiro atoms.